The molecule has 46 heavy (non-hydrogen) atoms. The Kier molecular flexibility index (Phi) is 12.3. The maximum atomic E-state index is 13.6. The van der Waals surface area contributed by atoms with Gasteiger partial charge in [0.15, 0.2) is 23.6 Å². The fourth-order valence-corrected chi connectivity index (χ4v) is 7.48. The highest BCUT2D eigenvalue weighted by molar-refractivity contribution is 8.76. The fourth-order valence-electron chi connectivity index (χ4n) is 4.28. The molecule has 1 saturated heterocycles. The number of carbonyl (C=O) groups is 1. The number of carbonyl (C=O) groups excluding carboxylic acids is 1. The van der Waals surface area contributed by atoms with Gasteiger partial charge in [-0.15, -0.1) is 0 Å². The van der Waals surface area contributed by atoms with Crippen LogP contribution in [0, 0.1) is 6.57 Å². The number of hydrogen-bond donors (Lipinski definition) is 2. The third kappa shape index (κ3) is 9.24. The molecular formula is C28H30N7O8PS2. The Morgan fingerprint density at radius 2 is 1.96 bits per heavy atom. The monoisotopic (exact) mass is 687 g/mol. The third-order valence-electron chi connectivity index (χ3n) is 6.32. The number of ether oxygens (including phenoxy) is 2. The highest BCUT2D eigenvalue weighted by Gasteiger charge is 2.43. The van der Waals surface area contributed by atoms with Crippen molar-refractivity contribution in [1.82, 2.24) is 24.5 Å². The molecule has 18 heteroatoms. The second-order valence-corrected chi connectivity index (χ2v) is 13.5. The van der Waals surface area contributed by atoms with Gasteiger partial charge in [0, 0.05) is 18.4 Å². The van der Waals surface area contributed by atoms with Gasteiger partial charge in [-0.3, -0.25) is 22.9 Å². The van der Waals surface area contributed by atoms with Gasteiger partial charge in [-0.1, -0.05) is 35.1 Å². The van der Waals surface area contributed by atoms with Crippen molar-refractivity contribution in [2.45, 2.75) is 29.9 Å². The van der Waals surface area contributed by atoms with E-state index in [9.17, 15) is 14.5 Å². The van der Waals surface area contributed by atoms with Crippen LogP contribution in [-0.4, -0.2) is 86.4 Å². The minimum Gasteiger partial charge on any atom is -0.484 e. The number of amides is 1. The summed E-state index contributed by atoms with van der Waals surface area (Å²) < 4.78 is 43.6. The molecule has 242 valence electrons. The summed E-state index contributed by atoms with van der Waals surface area (Å²) in [5.74, 6) is 0.743. The first kappa shape index (κ1) is 33.8. The number of nitrogens with zero attached hydrogens (tertiary/aromatic N) is 6. The van der Waals surface area contributed by atoms with Crippen LogP contribution >= 0.6 is 29.4 Å². The van der Waals surface area contributed by atoms with Crippen LogP contribution in [0.5, 0.6) is 5.75 Å². The summed E-state index contributed by atoms with van der Waals surface area (Å²) in [6.07, 6.45) is 2.08. The number of benzene rings is 1. The van der Waals surface area contributed by atoms with Gasteiger partial charge in [0.25, 0.3) is 5.91 Å². The number of phosphoric acid groups is 1. The Hall–Kier alpha value is -3.59. The molecular weight excluding hydrogens is 657 g/mol. The van der Waals surface area contributed by atoms with Crippen LogP contribution in [-0.2, 0) is 27.7 Å². The Balaban J connectivity index is 1.21. The summed E-state index contributed by atoms with van der Waals surface area (Å²) in [5.41, 5.74) is 0.661. The van der Waals surface area contributed by atoms with E-state index in [1.807, 2.05) is 24.3 Å². The molecule has 1 aromatic carbocycles. The molecule has 4 aromatic rings. The smallest absolute Gasteiger partial charge is 0.475 e. The zero-order chi connectivity index (χ0) is 32.2. The molecule has 1 aliphatic rings. The van der Waals surface area contributed by atoms with E-state index in [-0.39, 0.29) is 38.6 Å². The number of hydrogen-bond acceptors (Lipinski definition) is 14. The zero-order valence-corrected chi connectivity index (χ0v) is 26.8. The van der Waals surface area contributed by atoms with Crippen molar-refractivity contribution in [3.63, 3.8) is 0 Å². The van der Waals surface area contributed by atoms with Gasteiger partial charge < -0.3 is 24.7 Å². The molecule has 0 spiro atoms. The number of aliphatic hydroxyl groups is 1. The summed E-state index contributed by atoms with van der Waals surface area (Å²) in [6.45, 7) is 6.18. The van der Waals surface area contributed by atoms with Gasteiger partial charge in [0.05, 0.1) is 19.5 Å². The lowest BCUT2D eigenvalue weighted by molar-refractivity contribution is -0.118. The van der Waals surface area contributed by atoms with Gasteiger partial charge >= 0.3 is 7.82 Å². The molecule has 1 amide bonds. The number of para-hydroxylation sites is 1. The second-order valence-electron chi connectivity index (χ2n) is 9.46. The van der Waals surface area contributed by atoms with Crippen molar-refractivity contribution < 1.29 is 37.5 Å². The maximum absolute atomic E-state index is 13.6. The molecule has 0 aliphatic carbocycles. The van der Waals surface area contributed by atoms with Crippen molar-refractivity contribution in [3.05, 3.63) is 78.8 Å². The topological polar surface area (TPSA) is 173 Å². The van der Waals surface area contributed by atoms with Gasteiger partial charge in [0.1, 0.15) is 42.1 Å². The summed E-state index contributed by atoms with van der Waals surface area (Å²) in [5, 5.41) is 13.6. The van der Waals surface area contributed by atoms with Gasteiger partial charge in [-0.05, 0) is 35.1 Å². The number of rotatable bonds is 17. The van der Waals surface area contributed by atoms with Crippen molar-refractivity contribution in [2.24, 2.45) is 0 Å². The first-order valence-corrected chi connectivity index (χ1v) is 17.8. The van der Waals surface area contributed by atoms with Gasteiger partial charge in [0.2, 0.25) is 6.54 Å². The maximum Gasteiger partial charge on any atom is 0.475 e. The van der Waals surface area contributed by atoms with Crippen LogP contribution in [0.25, 0.3) is 16.0 Å². The Morgan fingerprint density at radius 1 is 1.13 bits per heavy atom. The number of imidazole rings is 1. The third-order valence-corrected chi connectivity index (χ3v) is 10.1. The van der Waals surface area contributed by atoms with Crippen molar-refractivity contribution in [1.29, 1.82) is 0 Å². The van der Waals surface area contributed by atoms with Crippen molar-refractivity contribution in [2.75, 3.05) is 44.0 Å². The molecule has 3 aromatic heterocycles. The number of fused-ring (bicyclic) bond motifs is 1. The number of pyridine rings is 1. The molecule has 4 atom stereocenters. The first-order chi connectivity index (χ1) is 22.5. The van der Waals surface area contributed by atoms with Crippen LogP contribution in [0.4, 0.5) is 5.82 Å². The lowest BCUT2D eigenvalue weighted by Gasteiger charge is -2.22. The SMILES string of the molecule is [C-]#[N+]CCOP(=O)(OCCSSc1ccccn1)OC1C[C@H](n2cnc3c(NC(=O)COc4ccccc4)ncnc32)O[C@@H]1CO. The number of aliphatic hydroxyl groups excluding tert-OH is 1. The quantitative estimate of drug-likeness (QED) is 0.0692. The van der Waals surface area contributed by atoms with Gasteiger partial charge in [-0.25, -0.2) is 31.1 Å². The van der Waals surface area contributed by atoms with E-state index >= 15 is 0 Å². The van der Waals surface area contributed by atoms with E-state index in [1.165, 1.54) is 34.2 Å². The fraction of sp³-hybridized carbons (Fsp3) is 0.357. The number of nitrogens with one attached hydrogen (secondary N) is 1. The van der Waals surface area contributed by atoms with E-state index in [0.29, 0.717) is 22.7 Å². The first-order valence-electron chi connectivity index (χ1n) is 14.0. The average Bonchev–Trinajstić information content (AvgIpc) is 3.69. The number of aromatic nitrogens is 5. The van der Waals surface area contributed by atoms with E-state index in [1.54, 1.807) is 35.0 Å². The standard InChI is InChI=1S/C28H30N7O8PS2/c1-29-11-12-40-44(38,41-13-14-45-46-24-9-5-6-10-30-24)43-21-15-25(42-22(21)16-36)35-19-33-26-27(31-18-32-28(26)35)34-23(37)17-39-20-7-3-2-4-8-20/h2-10,18-19,21-22,25,36H,11-17H2,(H,31,32,34,37)/t21?,22-,25-,44?/m1/s1. The summed E-state index contributed by atoms with van der Waals surface area (Å²) >= 11 is 0. The minimum absolute atomic E-state index is 0.0355. The van der Waals surface area contributed by atoms with Crippen LogP contribution in [0.2, 0.25) is 0 Å². The number of phosphoric ester groups is 1. The molecule has 2 N–H and O–H groups in total. The summed E-state index contributed by atoms with van der Waals surface area (Å²) in [6, 6.07) is 14.5. The van der Waals surface area contributed by atoms with Crippen LogP contribution in [0.15, 0.2) is 72.4 Å². The zero-order valence-electron chi connectivity index (χ0n) is 24.3. The normalized spacial score (nSPS) is 19.0. The predicted molar refractivity (Wildman–Crippen MR) is 170 cm³/mol. The highest BCUT2D eigenvalue weighted by atomic mass is 33.1. The molecule has 5 rings (SSSR count). The second kappa shape index (κ2) is 16.8. The highest BCUT2D eigenvalue weighted by Crippen LogP contribution is 2.53. The Morgan fingerprint density at radius 3 is 2.74 bits per heavy atom. The van der Waals surface area contributed by atoms with E-state index in [0.717, 1.165) is 5.03 Å². The lowest BCUT2D eigenvalue weighted by atomic mass is 10.2. The summed E-state index contributed by atoms with van der Waals surface area (Å²) in [4.78, 5) is 32.8. The van der Waals surface area contributed by atoms with Crippen molar-refractivity contribution in [3.8, 4) is 5.75 Å². The molecule has 15 nitrogen and oxygen atoms in total. The molecule has 0 saturated carbocycles. The Labute approximate surface area is 272 Å². The minimum atomic E-state index is -4.15. The van der Waals surface area contributed by atoms with Crippen LogP contribution in [0.1, 0.15) is 12.6 Å². The molecule has 4 heterocycles. The molecule has 2 unspecified atom stereocenters. The summed E-state index contributed by atoms with van der Waals surface area (Å²) in [7, 11) is -1.24. The van der Waals surface area contributed by atoms with Gasteiger partial charge in [-0.2, -0.15) is 0 Å². The molecule has 1 aliphatic heterocycles. The molecule has 0 radical (unpaired) electrons. The molecule has 1 fully saturated rings. The lowest BCUT2D eigenvalue weighted by Crippen LogP contribution is -2.27. The van der Waals surface area contributed by atoms with E-state index in [2.05, 4.69) is 30.1 Å². The average molecular weight is 688 g/mol. The van der Waals surface area contributed by atoms with Crippen molar-refractivity contribution >= 4 is 52.3 Å². The van der Waals surface area contributed by atoms with E-state index in [4.69, 9.17) is 29.6 Å². The number of anilines is 1. The van der Waals surface area contributed by atoms with E-state index < -0.39 is 38.8 Å². The van der Waals surface area contributed by atoms with Crippen LogP contribution in [0.3, 0.4) is 0 Å². The molecule has 0 bridgehead atoms. The Bertz CT molecular complexity index is 1660. The predicted octanol–water partition coefficient (Wildman–Crippen LogP) is 4.40. The van der Waals surface area contributed by atoms with Crippen LogP contribution < -0.4 is 10.1 Å². The largest absolute Gasteiger partial charge is 0.484 e.